The van der Waals surface area contributed by atoms with Crippen molar-refractivity contribution in [1.29, 1.82) is 0 Å². The molecule has 0 atom stereocenters. The van der Waals surface area contributed by atoms with E-state index in [4.69, 9.17) is 9.47 Å². The van der Waals surface area contributed by atoms with Crippen LogP contribution in [0, 0.1) is 0 Å². The van der Waals surface area contributed by atoms with Crippen LogP contribution in [-0.2, 0) is 14.4 Å². The van der Waals surface area contributed by atoms with Gasteiger partial charge in [0.05, 0.1) is 0 Å². The molecule has 0 radical (unpaired) electrons. The first-order valence-electron chi connectivity index (χ1n) is 8.67. The van der Waals surface area contributed by atoms with Crippen LogP contribution in [-0.4, -0.2) is 67.0 Å². The molecule has 0 aliphatic carbocycles. The molecular formula is C18H23N3O5. The van der Waals surface area contributed by atoms with Gasteiger partial charge < -0.3 is 24.2 Å². The standard InChI is InChI=1S/C18H23N3O5/c1-13(22)19-7-9-20(10-8-19)18(24)5-6-21(14(2)23)15-3-4-16-17(11-15)26-12-25-16/h3-4,11H,5-10,12H2,1-2H3. The van der Waals surface area contributed by atoms with Crippen molar-refractivity contribution in [1.82, 2.24) is 9.80 Å². The lowest BCUT2D eigenvalue weighted by atomic mass is 10.2. The molecule has 1 fully saturated rings. The summed E-state index contributed by atoms with van der Waals surface area (Å²) in [7, 11) is 0. The molecule has 8 heteroatoms. The maximum absolute atomic E-state index is 12.5. The predicted molar refractivity (Wildman–Crippen MR) is 94.0 cm³/mol. The topological polar surface area (TPSA) is 79.4 Å². The number of carbonyl (C=O) groups is 3. The fourth-order valence-corrected chi connectivity index (χ4v) is 3.16. The van der Waals surface area contributed by atoms with E-state index in [-0.39, 0.29) is 30.9 Å². The van der Waals surface area contributed by atoms with Gasteiger partial charge in [0.1, 0.15) is 0 Å². The van der Waals surface area contributed by atoms with Gasteiger partial charge in [0.2, 0.25) is 24.5 Å². The molecule has 1 saturated heterocycles. The lowest BCUT2D eigenvalue weighted by Gasteiger charge is -2.34. The van der Waals surface area contributed by atoms with Crippen molar-refractivity contribution in [3.05, 3.63) is 18.2 Å². The predicted octanol–water partition coefficient (Wildman–Crippen LogP) is 0.849. The van der Waals surface area contributed by atoms with Crippen LogP contribution in [0.25, 0.3) is 0 Å². The van der Waals surface area contributed by atoms with Gasteiger partial charge in [0, 0.05) is 64.7 Å². The SMILES string of the molecule is CC(=O)N1CCN(C(=O)CCN(C(C)=O)c2ccc3c(c2)OCO3)CC1. The highest BCUT2D eigenvalue weighted by Crippen LogP contribution is 2.35. The Hall–Kier alpha value is -2.77. The molecular weight excluding hydrogens is 338 g/mol. The maximum Gasteiger partial charge on any atom is 0.231 e. The summed E-state index contributed by atoms with van der Waals surface area (Å²) in [5.74, 6) is 1.12. The van der Waals surface area contributed by atoms with Crippen molar-refractivity contribution in [3.63, 3.8) is 0 Å². The highest BCUT2D eigenvalue weighted by atomic mass is 16.7. The van der Waals surface area contributed by atoms with Crippen LogP contribution in [0.3, 0.4) is 0 Å². The van der Waals surface area contributed by atoms with E-state index in [0.29, 0.717) is 49.9 Å². The number of benzene rings is 1. The van der Waals surface area contributed by atoms with Gasteiger partial charge in [-0.25, -0.2) is 0 Å². The van der Waals surface area contributed by atoms with Crippen LogP contribution in [0.5, 0.6) is 11.5 Å². The Balaban J connectivity index is 1.58. The van der Waals surface area contributed by atoms with Gasteiger partial charge >= 0.3 is 0 Å². The Morgan fingerprint density at radius 3 is 2.31 bits per heavy atom. The van der Waals surface area contributed by atoms with Gasteiger partial charge in [-0.15, -0.1) is 0 Å². The van der Waals surface area contributed by atoms with Gasteiger partial charge in [-0.1, -0.05) is 0 Å². The van der Waals surface area contributed by atoms with E-state index in [9.17, 15) is 14.4 Å². The molecule has 0 aromatic heterocycles. The number of ether oxygens (including phenoxy) is 2. The molecule has 8 nitrogen and oxygen atoms in total. The molecule has 3 rings (SSSR count). The minimum absolute atomic E-state index is 0.0137. The largest absolute Gasteiger partial charge is 0.454 e. The first-order valence-corrected chi connectivity index (χ1v) is 8.67. The van der Waals surface area contributed by atoms with Gasteiger partial charge in [0.15, 0.2) is 11.5 Å². The summed E-state index contributed by atoms with van der Waals surface area (Å²) in [6, 6.07) is 5.29. The minimum atomic E-state index is -0.141. The number of anilines is 1. The van der Waals surface area contributed by atoms with Crippen molar-refractivity contribution in [2.75, 3.05) is 44.4 Å². The van der Waals surface area contributed by atoms with Crippen LogP contribution >= 0.6 is 0 Å². The highest BCUT2D eigenvalue weighted by molar-refractivity contribution is 5.92. The molecule has 1 aromatic rings. The summed E-state index contributed by atoms with van der Waals surface area (Å²) >= 11 is 0. The minimum Gasteiger partial charge on any atom is -0.454 e. The van der Waals surface area contributed by atoms with E-state index < -0.39 is 0 Å². The second-order valence-electron chi connectivity index (χ2n) is 6.35. The quantitative estimate of drug-likeness (QED) is 0.794. The highest BCUT2D eigenvalue weighted by Gasteiger charge is 2.24. The molecule has 140 valence electrons. The Labute approximate surface area is 152 Å². The molecule has 2 heterocycles. The van der Waals surface area contributed by atoms with Crippen molar-refractivity contribution in [2.24, 2.45) is 0 Å². The zero-order valence-electron chi connectivity index (χ0n) is 15.1. The number of carbonyl (C=O) groups excluding carboxylic acids is 3. The number of hydrogen-bond acceptors (Lipinski definition) is 5. The first-order chi connectivity index (χ1) is 12.5. The molecule has 0 N–H and O–H groups in total. The summed E-state index contributed by atoms with van der Waals surface area (Å²) in [4.78, 5) is 40.9. The monoisotopic (exact) mass is 361 g/mol. The molecule has 3 amide bonds. The third kappa shape index (κ3) is 3.89. The summed E-state index contributed by atoms with van der Waals surface area (Å²) in [5.41, 5.74) is 0.677. The van der Waals surface area contributed by atoms with Crippen molar-refractivity contribution in [2.45, 2.75) is 20.3 Å². The lowest BCUT2D eigenvalue weighted by Crippen LogP contribution is -2.50. The zero-order chi connectivity index (χ0) is 18.7. The van der Waals surface area contributed by atoms with E-state index in [0.717, 1.165) is 0 Å². The first kappa shape index (κ1) is 18.0. The van der Waals surface area contributed by atoms with E-state index in [1.165, 1.54) is 13.8 Å². The molecule has 1 aromatic carbocycles. The fraction of sp³-hybridized carbons (Fsp3) is 0.500. The Kier molecular flexibility index (Phi) is 5.29. The molecule has 0 saturated carbocycles. The number of rotatable bonds is 4. The second kappa shape index (κ2) is 7.63. The van der Waals surface area contributed by atoms with Crippen molar-refractivity contribution < 1.29 is 23.9 Å². The van der Waals surface area contributed by atoms with Gasteiger partial charge in [-0.3, -0.25) is 14.4 Å². The normalized spacial score (nSPS) is 15.8. The summed E-state index contributed by atoms with van der Waals surface area (Å²) in [6.45, 7) is 5.64. The smallest absolute Gasteiger partial charge is 0.231 e. The molecule has 2 aliphatic rings. The van der Waals surface area contributed by atoms with Gasteiger partial charge in [-0.05, 0) is 12.1 Å². The third-order valence-corrected chi connectivity index (χ3v) is 4.67. The number of hydrogen-bond donors (Lipinski definition) is 0. The maximum atomic E-state index is 12.5. The molecule has 0 bridgehead atoms. The van der Waals surface area contributed by atoms with E-state index >= 15 is 0 Å². The molecule has 26 heavy (non-hydrogen) atoms. The number of piperazine rings is 1. The average molecular weight is 361 g/mol. The van der Waals surface area contributed by atoms with E-state index in [1.807, 2.05) is 0 Å². The lowest BCUT2D eigenvalue weighted by molar-refractivity contribution is -0.138. The van der Waals surface area contributed by atoms with E-state index in [2.05, 4.69) is 0 Å². The molecule has 2 aliphatic heterocycles. The molecule has 0 unspecified atom stereocenters. The second-order valence-corrected chi connectivity index (χ2v) is 6.35. The Morgan fingerprint density at radius 2 is 1.65 bits per heavy atom. The van der Waals surface area contributed by atoms with Crippen LogP contribution in [0.4, 0.5) is 5.69 Å². The Bertz CT molecular complexity index is 713. The summed E-state index contributed by atoms with van der Waals surface area (Å²) < 4.78 is 10.6. The summed E-state index contributed by atoms with van der Waals surface area (Å²) in [6.07, 6.45) is 0.230. The van der Waals surface area contributed by atoms with Gasteiger partial charge in [-0.2, -0.15) is 0 Å². The molecule has 0 spiro atoms. The van der Waals surface area contributed by atoms with E-state index in [1.54, 1.807) is 32.9 Å². The van der Waals surface area contributed by atoms with Crippen molar-refractivity contribution in [3.8, 4) is 11.5 Å². The number of fused-ring (bicyclic) bond motifs is 1. The van der Waals surface area contributed by atoms with Crippen LogP contribution < -0.4 is 14.4 Å². The fourth-order valence-electron chi connectivity index (χ4n) is 3.16. The average Bonchev–Trinajstić information content (AvgIpc) is 3.09. The summed E-state index contributed by atoms with van der Waals surface area (Å²) in [5, 5.41) is 0. The van der Waals surface area contributed by atoms with Crippen molar-refractivity contribution >= 4 is 23.4 Å². The van der Waals surface area contributed by atoms with Crippen LogP contribution in [0.2, 0.25) is 0 Å². The van der Waals surface area contributed by atoms with Gasteiger partial charge in [0.25, 0.3) is 0 Å². The number of nitrogens with zero attached hydrogens (tertiary/aromatic N) is 3. The van der Waals surface area contributed by atoms with Crippen LogP contribution in [0.1, 0.15) is 20.3 Å². The zero-order valence-corrected chi connectivity index (χ0v) is 15.1. The number of amides is 3. The Morgan fingerprint density at radius 1 is 1.00 bits per heavy atom. The third-order valence-electron chi connectivity index (χ3n) is 4.67. The van der Waals surface area contributed by atoms with Crippen LogP contribution in [0.15, 0.2) is 18.2 Å².